The third-order valence-electron chi connectivity index (χ3n) is 4.89. The zero-order valence-corrected chi connectivity index (χ0v) is 18.6. The third kappa shape index (κ3) is 5.79. The number of nitrogens with zero attached hydrogens (tertiary/aromatic N) is 1. The van der Waals surface area contributed by atoms with Gasteiger partial charge in [-0.1, -0.05) is 0 Å². The number of ether oxygens (including phenoxy) is 2. The first-order valence-electron chi connectivity index (χ1n) is 10.0. The fourth-order valence-corrected chi connectivity index (χ4v) is 4.49. The Kier molecular flexibility index (Phi) is 8.79. The summed E-state index contributed by atoms with van der Waals surface area (Å²) in [6.07, 6.45) is 1.28. The summed E-state index contributed by atoms with van der Waals surface area (Å²) in [6.45, 7) is 7.02. The minimum absolute atomic E-state index is 0.129. The number of rotatable bonds is 8. The van der Waals surface area contributed by atoms with Crippen LogP contribution in [0.5, 0.6) is 0 Å². The molecule has 1 aromatic rings. The third-order valence-corrected chi connectivity index (χ3v) is 6.09. The van der Waals surface area contributed by atoms with E-state index in [9.17, 15) is 19.2 Å². The van der Waals surface area contributed by atoms with Crippen molar-refractivity contribution in [1.29, 1.82) is 0 Å². The Morgan fingerprint density at radius 3 is 2.30 bits per heavy atom. The van der Waals surface area contributed by atoms with Gasteiger partial charge in [0.25, 0.3) is 5.91 Å². The van der Waals surface area contributed by atoms with Crippen molar-refractivity contribution in [3.8, 4) is 0 Å². The number of hydrogen-bond acceptors (Lipinski definition) is 8. The molecule has 30 heavy (non-hydrogen) atoms. The van der Waals surface area contributed by atoms with E-state index in [1.54, 1.807) is 20.8 Å². The zero-order valence-electron chi connectivity index (χ0n) is 17.8. The van der Waals surface area contributed by atoms with Gasteiger partial charge in [-0.05, 0) is 52.3 Å². The van der Waals surface area contributed by atoms with E-state index >= 15 is 0 Å². The Morgan fingerprint density at radius 2 is 1.73 bits per heavy atom. The second kappa shape index (κ2) is 11.1. The molecule has 2 heterocycles. The van der Waals surface area contributed by atoms with Crippen LogP contribution < -0.4 is 10.6 Å². The second-order valence-corrected chi connectivity index (χ2v) is 7.93. The molecular formula is C20H29N3O6S. The Labute approximate surface area is 180 Å². The van der Waals surface area contributed by atoms with Gasteiger partial charge in [-0.2, -0.15) is 0 Å². The van der Waals surface area contributed by atoms with Crippen molar-refractivity contribution in [2.45, 2.75) is 33.6 Å². The number of carbonyl (C=O) groups excluding carboxylic acids is 4. The van der Waals surface area contributed by atoms with E-state index in [4.69, 9.17) is 9.47 Å². The molecular weight excluding hydrogens is 410 g/mol. The highest BCUT2D eigenvalue weighted by molar-refractivity contribution is 7.18. The molecule has 0 bridgehead atoms. The highest BCUT2D eigenvalue weighted by Crippen LogP contribution is 2.34. The largest absolute Gasteiger partial charge is 0.466 e. The predicted molar refractivity (Wildman–Crippen MR) is 113 cm³/mol. The summed E-state index contributed by atoms with van der Waals surface area (Å²) in [5.41, 5.74) is 0.679. The maximum Gasteiger partial charge on any atom is 0.341 e. The Morgan fingerprint density at radius 1 is 1.10 bits per heavy atom. The molecule has 1 aliphatic rings. The molecule has 166 valence electrons. The van der Waals surface area contributed by atoms with Crippen molar-refractivity contribution >= 4 is 40.1 Å². The average molecular weight is 440 g/mol. The van der Waals surface area contributed by atoms with Crippen molar-refractivity contribution in [2.75, 3.05) is 45.2 Å². The van der Waals surface area contributed by atoms with Crippen LogP contribution in [0.15, 0.2) is 0 Å². The van der Waals surface area contributed by atoms with Gasteiger partial charge >= 0.3 is 11.9 Å². The number of hydrogen-bond donors (Lipinski definition) is 2. The van der Waals surface area contributed by atoms with Gasteiger partial charge < -0.3 is 20.1 Å². The molecule has 0 aliphatic carbocycles. The zero-order chi connectivity index (χ0) is 22.3. The van der Waals surface area contributed by atoms with Gasteiger partial charge in [-0.25, -0.2) is 4.79 Å². The highest BCUT2D eigenvalue weighted by atomic mass is 32.1. The molecule has 0 radical (unpaired) electrons. The number of nitrogens with one attached hydrogen (secondary N) is 2. The lowest BCUT2D eigenvalue weighted by Crippen LogP contribution is -2.41. The van der Waals surface area contributed by atoms with Crippen molar-refractivity contribution in [1.82, 2.24) is 10.2 Å². The molecule has 10 heteroatoms. The summed E-state index contributed by atoms with van der Waals surface area (Å²) < 4.78 is 10.2. The maximum absolute atomic E-state index is 12.6. The van der Waals surface area contributed by atoms with E-state index in [1.165, 1.54) is 7.05 Å². The van der Waals surface area contributed by atoms with Crippen LogP contribution >= 0.6 is 11.3 Å². The standard InChI is InChI=1S/C20H29N3O6S/c1-5-28-19(26)13-7-9-23(10-8-13)11-14(24)22-18-15(20(27)29-6-2)12(3)16(30-18)17(25)21-4/h13H,5-11H2,1-4H3,(H,21,25)(H,22,24). The van der Waals surface area contributed by atoms with Crippen LogP contribution in [0.2, 0.25) is 0 Å². The van der Waals surface area contributed by atoms with Crippen molar-refractivity contribution in [2.24, 2.45) is 5.92 Å². The molecule has 2 rings (SSSR count). The number of amides is 2. The van der Waals surface area contributed by atoms with Crippen LogP contribution in [0.3, 0.4) is 0 Å². The van der Waals surface area contributed by atoms with Gasteiger partial charge in [0.2, 0.25) is 5.91 Å². The predicted octanol–water partition coefficient (Wildman–Crippen LogP) is 1.81. The maximum atomic E-state index is 12.6. The quantitative estimate of drug-likeness (QED) is 0.594. The molecule has 0 aromatic carbocycles. The monoisotopic (exact) mass is 439 g/mol. The van der Waals surface area contributed by atoms with Gasteiger partial charge in [-0.3, -0.25) is 19.3 Å². The fraction of sp³-hybridized carbons (Fsp3) is 0.600. The van der Waals surface area contributed by atoms with Gasteiger partial charge in [0.1, 0.15) is 5.00 Å². The molecule has 1 aliphatic heterocycles. The molecule has 1 fully saturated rings. The lowest BCUT2D eigenvalue weighted by Gasteiger charge is -2.30. The van der Waals surface area contributed by atoms with Crippen LogP contribution in [0.1, 0.15) is 52.3 Å². The first-order valence-corrected chi connectivity index (χ1v) is 10.8. The van der Waals surface area contributed by atoms with Crippen molar-refractivity contribution < 1.29 is 28.7 Å². The summed E-state index contributed by atoms with van der Waals surface area (Å²) in [5.74, 6) is -1.51. The Bertz CT molecular complexity index is 799. The minimum atomic E-state index is -0.577. The first kappa shape index (κ1) is 23.8. The van der Waals surface area contributed by atoms with Crippen LogP contribution in [0, 0.1) is 12.8 Å². The fourth-order valence-electron chi connectivity index (χ4n) is 3.34. The lowest BCUT2D eigenvalue weighted by atomic mass is 9.97. The number of thiophene rings is 1. The second-order valence-electron chi connectivity index (χ2n) is 6.91. The van der Waals surface area contributed by atoms with E-state index < -0.39 is 5.97 Å². The van der Waals surface area contributed by atoms with E-state index in [1.807, 2.05) is 4.90 Å². The summed E-state index contributed by atoms with van der Waals surface area (Å²) >= 11 is 1.05. The summed E-state index contributed by atoms with van der Waals surface area (Å²) in [7, 11) is 1.50. The molecule has 0 unspecified atom stereocenters. The van der Waals surface area contributed by atoms with E-state index in [2.05, 4.69) is 10.6 Å². The summed E-state index contributed by atoms with van der Waals surface area (Å²) in [5, 5.41) is 5.59. The average Bonchev–Trinajstić information content (AvgIpc) is 3.04. The molecule has 0 atom stereocenters. The van der Waals surface area contributed by atoms with Crippen LogP contribution in [0.4, 0.5) is 5.00 Å². The van der Waals surface area contributed by atoms with Crippen LogP contribution in [-0.4, -0.2) is 68.5 Å². The summed E-state index contributed by atoms with van der Waals surface area (Å²) in [6, 6.07) is 0. The first-order chi connectivity index (χ1) is 14.3. The van der Waals surface area contributed by atoms with Crippen LogP contribution in [-0.2, 0) is 19.1 Å². The van der Waals surface area contributed by atoms with Crippen molar-refractivity contribution in [3.05, 3.63) is 16.0 Å². The number of anilines is 1. The minimum Gasteiger partial charge on any atom is -0.466 e. The molecule has 2 N–H and O–H groups in total. The van der Waals surface area contributed by atoms with Crippen molar-refractivity contribution in [3.63, 3.8) is 0 Å². The van der Waals surface area contributed by atoms with Crippen LogP contribution in [0.25, 0.3) is 0 Å². The Balaban J connectivity index is 2.05. The lowest BCUT2D eigenvalue weighted by molar-refractivity contribution is -0.149. The number of esters is 2. The molecule has 0 spiro atoms. The summed E-state index contributed by atoms with van der Waals surface area (Å²) in [4.78, 5) is 51.2. The normalized spacial score (nSPS) is 14.8. The molecule has 0 saturated carbocycles. The number of piperidine rings is 1. The van der Waals surface area contributed by atoms with Gasteiger partial charge in [0.15, 0.2) is 0 Å². The highest BCUT2D eigenvalue weighted by Gasteiger charge is 2.29. The molecule has 1 saturated heterocycles. The van der Waals surface area contributed by atoms with E-state index in [0.29, 0.717) is 48.0 Å². The van der Waals surface area contributed by atoms with E-state index in [0.717, 1.165) is 11.3 Å². The number of carbonyl (C=O) groups is 4. The number of likely N-dealkylation sites (tertiary alicyclic amines) is 1. The van der Waals surface area contributed by atoms with Gasteiger partial charge in [0, 0.05) is 7.05 Å². The SMILES string of the molecule is CCOC(=O)c1c(NC(=O)CN2CCC(C(=O)OCC)CC2)sc(C(=O)NC)c1C. The molecule has 1 aromatic heterocycles. The van der Waals surface area contributed by atoms with Gasteiger partial charge in [0.05, 0.1) is 36.1 Å². The molecule has 2 amide bonds. The van der Waals surface area contributed by atoms with E-state index in [-0.39, 0.29) is 42.4 Å². The smallest absolute Gasteiger partial charge is 0.341 e. The molecule has 9 nitrogen and oxygen atoms in total. The Hall–Kier alpha value is -2.46. The van der Waals surface area contributed by atoms with Gasteiger partial charge in [-0.15, -0.1) is 11.3 Å². The topological polar surface area (TPSA) is 114 Å².